The Balaban J connectivity index is 1.95. The molecule has 3 aromatic carbocycles. The number of benzene rings is 3. The molecule has 7 heteroatoms. The number of hydrogen-bond donors (Lipinski definition) is 1. The normalized spacial score (nSPS) is 10.2. The van der Waals surface area contributed by atoms with Gasteiger partial charge in [0.1, 0.15) is 11.5 Å². The summed E-state index contributed by atoms with van der Waals surface area (Å²) in [5.74, 6) is 2.22. The topological polar surface area (TPSA) is 75.3 Å². The predicted molar refractivity (Wildman–Crippen MR) is 119 cm³/mol. The molecular weight excluding hydrogens is 398 g/mol. The Kier molecular flexibility index (Phi) is 6.87. The van der Waals surface area contributed by atoms with Crippen molar-refractivity contribution in [2.75, 3.05) is 40.9 Å². The van der Waals surface area contributed by atoms with Crippen molar-refractivity contribution in [2.45, 2.75) is 0 Å². The van der Waals surface area contributed by atoms with Gasteiger partial charge >= 0.3 is 0 Å². The molecule has 0 aromatic heterocycles. The average Bonchev–Trinajstić information content (AvgIpc) is 2.82. The molecule has 0 unspecified atom stereocenters. The van der Waals surface area contributed by atoms with E-state index in [2.05, 4.69) is 5.32 Å². The summed E-state index contributed by atoms with van der Waals surface area (Å²) >= 11 is 0. The van der Waals surface area contributed by atoms with E-state index in [4.69, 9.17) is 23.7 Å². The Hall–Kier alpha value is -3.87. The number of methoxy groups -OCH3 is 5. The number of ether oxygens (including phenoxy) is 5. The third-order valence-corrected chi connectivity index (χ3v) is 4.81. The van der Waals surface area contributed by atoms with Crippen molar-refractivity contribution in [2.24, 2.45) is 0 Å². The van der Waals surface area contributed by atoms with Crippen LogP contribution in [0.5, 0.6) is 28.7 Å². The maximum atomic E-state index is 13.0. The molecule has 31 heavy (non-hydrogen) atoms. The van der Waals surface area contributed by atoms with Crippen LogP contribution in [0.4, 0.5) is 5.69 Å². The number of rotatable bonds is 8. The van der Waals surface area contributed by atoms with Crippen molar-refractivity contribution < 1.29 is 28.5 Å². The van der Waals surface area contributed by atoms with Crippen LogP contribution in [0.3, 0.4) is 0 Å². The molecule has 0 spiro atoms. The molecule has 3 aromatic rings. The van der Waals surface area contributed by atoms with Crippen LogP contribution < -0.4 is 29.0 Å². The van der Waals surface area contributed by atoms with Gasteiger partial charge in [0.25, 0.3) is 5.91 Å². The van der Waals surface area contributed by atoms with Crippen LogP contribution in [0.1, 0.15) is 10.4 Å². The highest BCUT2D eigenvalue weighted by atomic mass is 16.5. The second-order valence-electron chi connectivity index (χ2n) is 6.48. The summed E-state index contributed by atoms with van der Waals surface area (Å²) in [6.45, 7) is 0. The van der Waals surface area contributed by atoms with Gasteiger partial charge in [-0.25, -0.2) is 0 Å². The highest BCUT2D eigenvalue weighted by molar-refractivity contribution is 6.07. The minimum Gasteiger partial charge on any atom is -0.497 e. The van der Waals surface area contributed by atoms with Gasteiger partial charge in [-0.05, 0) is 48.0 Å². The Morgan fingerprint density at radius 3 is 1.90 bits per heavy atom. The SMILES string of the molecule is COc1ccc(-c2cc(NC(=O)c3ccc(OC)c(OC)c3OC)ccc2OC)cc1. The fraction of sp³-hybridized carbons (Fsp3) is 0.208. The first kappa shape index (κ1) is 21.8. The van der Waals surface area contributed by atoms with E-state index in [1.165, 1.54) is 21.3 Å². The molecule has 0 aliphatic carbocycles. The van der Waals surface area contributed by atoms with E-state index in [9.17, 15) is 4.79 Å². The molecule has 7 nitrogen and oxygen atoms in total. The summed E-state index contributed by atoms with van der Waals surface area (Å²) in [6.07, 6.45) is 0. The van der Waals surface area contributed by atoms with E-state index in [0.29, 0.717) is 34.2 Å². The smallest absolute Gasteiger partial charge is 0.259 e. The van der Waals surface area contributed by atoms with Gasteiger partial charge in [-0.3, -0.25) is 4.79 Å². The fourth-order valence-corrected chi connectivity index (χ4v) is 3.26. The average molecular weight is 423 g/mol. The molecule has 0 aliphatic rings. The van der Waals surface area contributed by atoms with Gasteiger partial charge in [-0.15, -0.1) is 0 Å². The minimum absolute atomic E-state index is 0.295. The summed E-state index contributed by atoms with van der Waals surface area (Å²) in [4.78, 5) is 13.0. The van der Waals surface area contributed by atoms with Crippen LogP contribution in [0.15, 0.2) is 54.6 Å². The maximum absolute atomic E-state index is 13.0. The van der Waals surface area contributed by atoms with E-state index in [1.54, 1.807) is 38.5 Å². The number of hydrogen-bond acceptors (Lipinski definition) is 6. The quantitative estimate of drug-likeness (QED) is 0.569. The lowest BCUT2D eigenvalue weighted by atomic mass is 10.0. The first-order chi connectivity index (χ1) is 15.1. The van der Waals surface area contributed by atoms with Gasteiger partial charge in [-0.1, -0.05) is 12.1 Å². The first-order valence-electron chi connectivity index (χ1n) is 9.49. The van der Waals surface area contributed by atoms with Crippen LogP contribution in [0.2, 0.25) is 0 Å². The molecule has 0 atom stereocenters. The maximum Gasteiger partial charge on any atom is 0.259 e. The summed E-state index contributed by atoms with van der Waals surface area (Å²) in [5, 5.41) is 2.91. The largest absolute Gasteiger partial charge is 0.497 e. The molecule has 1 N–H and O–H groups in total. The predicted octanol–water partition coefficient (Wildman–Crippen LogP) is 4.65. The Labute approximate surface area is 181 Å². The zero-order valence-corrected chi connectivity index (χ0v) is 18.1. The van der Waals surface area contributed by atoms with E-state index in [0.717, 1.165) is 16.9 Å². The third kappa shape index (κ3) is 4.50. The fourth-order valence-electron chi connectivity index (χ4n) is 3.26. The van der Waals surface area contributed by atoms with Crippen molar-refractivity contribution in [3.05, 3.63) is 60.2 Å². The molecule has 1 amide bonds. The van der Waals surface area contributed by atoms with E-state index >= 15 is 0 Å². The molecule has 0 heterocycles. The second kappa shape index (κ2) is 9.75. The van der Waals surface area contributed by atoms with E-state index in [-0.39, 0.29) is 5.91 Å². The number of carbonyl (C=O) groups is 1. The van der Waals surface area contributed by atoms with Crippen molar-refractivity contribution in [1.82, 2.24) is 0 Å². The van der Waals surface area contributed by atoms with E-state index < -0.39 is 0 Å². The zero-order valence-electron chi connectivity index (χ0n) is 18.1. The second-order valence-corrected chi connectivity index (χ2v) is 6.48. The van der Waals surface area contributed by atoms with Crippen LogP contribution in [0, 0.1) is 0 Å². The zero-order chi connectivity index (χ0) is 22.4. The molecule has 162 valence electrons. The van der Waals surface area contributed by atoms with Crippen molar-refractivity contribution in [3.8, 4) is 39.9 Å². The highest BCUT2D eigenvalue weighted by Gasteiger charge is 2.21. The Bertz CT molecular complexity index is 1060. The van der Waals surface area contributed by atoms with Crippen molar-refractivity contribution in [3.63, 3.8) is 0 Å². The first-order valence-corrected chi connectivity index (χ1v) is 9.49. The van der Waals surface area contributed by atoms with Crippen LogP contribution in [-0.4, -0.2) is 41.5 Å². The number of carbonyl (C=O) groups excluding carboxylic acids is 1. The van der Waals surface area contributed by atoms with Gasteiger partial charge in [0.2, 0.25) is 5.75 Å². The summed E-state index contributed by atoms with van der Waals surface area (Å²) < 4.78 is 26.8. The van der Waals surface area contributed by atoms with Gasteiger partial charge < -0.3 is 29.0 Å². The number of anilines is 1. The van der Waals surface area contributed by atoms with Crippen LogP contribution >= 0.6 is 0 Å². The number of nitrogens with one attached hydrogen (secondary N) is 1. The lowest BCUT2D eigenvalue weighted by molar-refractivity contribution is 0.102. The molecule has 0 radical (unpaired) electrons. The van der Waals surface area contributed by atoms with Gasteiger partial charge in [0, 0.05) is 11.3 Å². The monoisotopic (exact) mass is 423 g/mol. The molecular formula is C24H25NO6. The molecule has 0 saturated carbocycles. The molecule has 0 fully saturated rings. The molecule has 0 bridgehead atoms. The molecule has 3 rings (SSSR count). The summed E-state index contributed by atoms with van der Waals surface area (Å²) in [5.41, 5.74) is 2.69. The van der Waals surface area contributed by atoms with Gasteiger partial charge in [0.05, 0.1) is 41.1 Å². The number of amides is 1. The summed E-state index contributed by atoms with van der Waals surface area (Å²) in [6, 6.07) is 16.3. The van der Waals surface area contributed by atoms with Gasteiger partial charge in [-0.2, -0.15) is 0 Å². The summed E-state index contributed by atoms with van der Waals surface area (Å²) in [7, 11) is 7.72. The van der Waals surface area contributed by atoms with Crippen molar-refractivity contribution >= 4 is 11.6 Å². The Morgan fingerprint density at radius 1 is 0.677 bits per heavy atom. The lowest BCUT2D eigenvalue weighted by Crippen LogP contribution is -2.14. The minimum atomic E-state index is -0.344. The van der Waals surface area contributed by atoms with Crippen LogP contribution in [0.25, 0.3) is 11.1 Å². The van der Waals surface area contributed by atoms with Gasteiger partial charge in [0.15, 0.2) is 11.5 Å². The van der Waals surface area contributed by atoms with Crippen molar-refractivity contribution in [1.29, 1.82) is 0 Å². The lowest BCUT2D eigenvalue weighted by Gasteiger charge is -2.16. The standard InChI is InChI=1S/C24H25NO6/c1-27-17-9-6-15(7-10-17)19-14-16(8-12-20(19)28-2)25-24(26)18-11-13-21(29-3)23(31-5)22(18)30-4/h6-14H,1-5H3,(H,25,26). The Morgan fingerprint density at radius 2 is 1.32 bits per heavy atom. The third-order valence-electron chi connectivity index (χ3n) is 4.81. The highest BCUT2D eigenvalue weighted by Crippen LogP contribution is 2.40. The molecule has 0 saturated heterocycles. The molecule has 0 aliphatic heterocycles. The van der Waals surface area contributed by atoms with E-state index in [1.807, 2.05) is 30.3 Å². The van der Waals surface area contributed by atoms with Crippen LogP contribution in [-0.2, 0) is 0 Å².